The summed E-state index contributed by atoms with van der Waals surface area (Å²) < 4.78 is 5.64. The number of ether oxygens (including phenoxy) is 1. The Bertz CT molecular complexity index is 954. The minimum Gasteiger partial charge on any atom is -0.376 e. The lowest BCUT2D eigenvalue weighted by Crippen LogP contribution is -2.37. The molecule has 1 atom stereocenters. The number of carbonyl (C=O) groups is 2. The largest absolute Gasteiger partial charge is 0.376 e. The summed E-state index contributed by atoms with van der Waals surface area (Å²) >= 11 is 6.13. The second-order valence-electron chi connectivity index (χ2n) is 7.47. The van der Waals surface area contributed by atoms with Crippen molar-refractivity contribution in [2.75, 3.05) is 18.5 Å². The molecule has 1 saturated heterocycles. The Hall–Kier alpha value is -2.90. The van der Waals surface area contributed by atoms with Crippen LogP contribution < -0.4 is 16.0 Å². The van der Waals surface area contributed by atoms with Gasteiger partial charge in [-0.1, -0.05) is 29.8 Å². The molecule has 0 saturated carbocycles. The molecule has 1 aliphatic heterocycles. The van der Waals surface area contributed by atoms with Crippen molar-refractivity contribution >= 4 is 35.1 Å². The average Bonchev–Trinajstić information content (AvgIpc) is 3.27. The highest BCUT2D eigenvalue weighted by molar-refractivity contribution is 6.31. The number of anilines is 1. The van der Waals surface area contributed by atoms with E-state index in [2.05, 4.69) is 20.9 Å². The summed E-state index contributed by atoms with van der Waals surface area (Å²) in [5.41, 5.74) is 3.14. The predicted octanol–water partition coefficient (Wildman–Crippen LogP) is 3.66. The first-order chi connectivity index (χ1) is 14.9. The fraction of sp³-hybridized carbons (Fsp3) is 0.348. The van der Waals surface area contributed by atoms with Crippen LogP contribution in [0.3, 0.4) is 0 Å². The molecule has 1 aliphatic rings. The summed E-state index contributed by atoms with van der Waals surface area (Å²) in [5.74, 6) is -0.0474. The highest BCUT2D eigenvalue weighted by Crippen LogP contribution is 2.20. The molecule has 3 rings (SSSR count). The molecular formula is C23H27ClN4O3. The number of guanidine groups is 1. The van der Waals surface area contributed by atoms with E-state index in [-0.39, 0.29) is 17.9 Å². The Morgan fingerprint density at radius 3 is 2.65 bits per heavy atom. The Morgan fingerprint density at radius 1 is 1.19 bits per heavy atom. The molecule has 0 radical (unpaired) electrons. The minimum atomic E-state index is -0.288. The highest BCUT2D eigenvalue weighted by atomic mass is 35.5. The van der Waals surface area contributed by atoms with Crippen molar-refractivity contribution in [3.8, 4) is 0 Å². The fourth-order valence-corrected chi connectivity index (χ4v) is 3.30. The van der Waals surface area contributed by atoms with Crippen molar-refractivity contribution in [2.24, 2.45) is 4.99 Å². The molecule has 1 fully saturated rings. The van der Waals surface area contributed by atoms with Crippen LogP contribution in [0.4, 0.5) is 5.69 Å². The molecule has 0 aromatic heterocycles. The summed E-state index contributed by atoms with van der Waals surface area (Å²) in [7, 11) is 0. The van der Waals surface area contributed by atoms with E-state index in [1.54, 1.807) is 18.2 Å². The zero-order valence-corrected chi connectivity index (χ0v) is 18.5. The maximum Gasteiger partial charge on any atom is 0.257 e. The molecule has 1 unspecified atom stereocenters. The highest BCUT2D eigenvalue weighted by Gasteiger charge is 2.16. The van der Waals surface area contributed by atoms with E-state index in [0.29, 0.717) is 29.6 Å². The van der Waals surface area contributed by atoms with Crippen molar-refractivity contribution in [3.05, 3.63) is 64.2 Å². The zero-order chi connectivity index (χ0) is 22.2. The maximum atomic E-state index is 12.8. The van der Waals surface area contributed by atoms with Crippen LogP contribution in [0, 0.1) is 6.92 Å². The molecule has 8 heteroatoms. The summed E-state index contributed by atoms with van der Waals surface area (Å²) in [5, 5.41) is 9.36. The lowest BCUT2D eigenvalue weighted by Gasteiger charge is -2.15. The number of hydrogen-bond donors (Lipinski definition) is 3. The van der Waals surface area contributed by atoms with E-state index in [1.807, 2.05) is 31.2 Å². The number of aryl methyl sites for hydroxylation is 1. The van der Waals surface area contributed by atoms with E-state index in [4.69, 9.17) is 16.3 Å². The van der Waals surface area contributed by atoms with Gasteiger partial charge in [0, 0.05) is 36.3 Å². The smallest absolute Gasteiger partial charge is 0.257 e. The second-order valence-corrected chi connectivity index (χ2v) is 7.91. The molecule has 2 aromatic carbocycles. The summed E-state index contributed by atoms with van der Waals surface area (Å²) in [6.45, 7) is 5.03. The predicted molar refractivity (Wildman–Crippen MR) is 123 cm³/mol. The van der Waals surface area contributed by atoms with Gasteiger partial charge < -0.3 is 15.4 Å². The van der Waals surface area contributed by atoms with Gasteiger partial charge in [0.25, 0.3) is 5.91 Å². The first kappa shape index (κ1) is 22.8. The number of hydrogen-bond acceptors (Lipinski definition) is 4. The van der Waals surface area contributed by atoms with E-state index >= 15 is 0 Å². The lowest BCUT2D eigenvalue weighted by atomic mass is 10.1. The zero-order valence-electron chi connectivity index (χ0n) is 17.7. The lowest BCUT2D eigenvalue weighted by molar-refractivity contribution is -0.119. The van der Waals surface area contributed by atoms with Gasteiger partial charge in [-0.3, -0.25) is 14.9 Å². The van der Waals surface area contributed by atoms with Crippen LogP contribution in [0.5, 0.6) is 0 Å². The average molecular weight is 443 g/mol. The standard InChI is InChI=1S/C23H27ClN4O3/c1-15-5-10-19(24)12-21(15)27-23(26-14-20-4-3-11-31-20)28-22(30)18-8-6-17(7-9-18)13-25-16(2)29/h5-10,12,20H,3-4,11,13-14H2,1-2H3,(H,25,29)(H2,26,27,28,30). The summed E-state index contributed by atoms with van der Waals surface area (Å²) in [6, 6.07) is 12.6. The number of nitrogens with one attached hydrogen (secondary N) is 3. The van der Waals surface area contributed by atoms with Crippen LogP contribution in [0.1, 0.15) is 41.3 Å². The van der Waals surface area contributed by atoms with Crippen LogP contribution in [0.25, 0.3) is 0 Å². The first-order valence-electron chi connectivity index (χ1n) is 10.2. The number of aliphatic imine (C=N–C) groups is 1. The molecule has 7 nitrogen and oxygen atoms in total. The van der Waals surface area contributed by atoms with E-state index in [1.165, 1.54) is 6.92 Å². The van der Waals surface area contributed by atoms with Crippen molar-refractivity contribution in [1.29, 1.82) is 0 Å². The molecule has 164 valence electrons. The van der Waals surface area contributed by atoms with Gasteiger partial charge in [-0.2, -0.15) is 0 Å². The summed E-state index contributed by atoms with van der Waals surface area (Å²) in [6.07, 6.45) is 2.03. The normalized spacial score (nSPS) is 16.1. The third-order valence-corrected chi connectivity index (χ3v) is 5.15. The molecule has 2 aromatic rings. The Balaban J connectivity index is 1.72. The van der Waals surface area contributed by atoms with Crippen LogP contribution in [-0.2, 0) is 16.1 Å². The van der Waals surface area contributed by atoms with Crippen LogP contribution in [-0.4, -0.2) is 37.0 Å². The first-order valence-corrected chi connectivity index (χ1v) is 10.6. The third-order valence-electron chi connectivity index (χ3n) is 4.92. The number of benzene rings is 2. The molecule has 0 bridgehead atoms. The number of carbonyl (C=O) groups excluding carboxylic acids is 2. The third kappa shape index (κ3) is 7.08. The van der Waals surface area contributed by atoms with Gasteiger partial charge >= 0.3 is 0 Å². The van der Waals surface area contributed by atoms with Crippen molar-refractivity contribution in [1.82, 2.24) is 10.6 Å². The topological polar surface area (TPSA) is 91.8 Å². The summed E-state index contributed by atoms with van der Waals surface area (Å²) in [4.78, 5) is 28.4. The molecule has 0 spiro atoms. The number of rotatable bonds is 6. The molecule has 31 heavy (non-hydrogen) atoms. The maximum absolute atomic E-state index is 12.8. The van der Waals surface area contributed by atoms with Gasteiger partial charge in [-0.05, 0) is 55.2 Å². The Kier molecular flexibility index (Phi) is 8.03. The molecule has 0 aliphatic carbocycles. The van der Waals surface area contributed by atoms with E-state index in [9.17, 15) is 9.59 Å². The number of halogens is 1. The van der Waals surface area contributed by atoms with Gasteiger partial charge in [0.05, 0.1) is 12.6 Å². The van der Waals surface area contributed by atoms with Gasteiger partial charge in [0.15, 0.2) is 0 Å². The van der Waals surface area contributed by atoms with Gasteiger partial charge in [-0.15, -0.1) is 0 Å². The van der Waals surface area contributed by atoms with Crippen molar-refractivity contribution in [2.45, 2.75) is 39.3 Å². The van der Waals surface area contributed by atoms with Crippen molar-refractivity contribution in [3.63, 3.8) is 0 Å². The van der Waals surface area contributed by atoms with Crippen LogP contribution in [0.2, 0.25) is 5.02 Å². The van der Waals surface area contributed by atoms with Gasteiger partial charge in [0.1, 0.15) is 0 Å². The monoisotopic (exact) mass is 442 g/mol. The molecule has 2 amide bonds. The Morgan fingerprint density at radius 2 is 1.97 bits per heavy atom. The molecule has 1 heterocycles. The van der Waals surface area contributed by atoms with Gasteiger partial charge in [0.2, 0.25) is 11.9 Å². The van der Waals surface area contributed by atoms with Crippen LogP contribution in [0.15, 0.2) is 47.5 Å². The number of nitrogens with zero attached hydrogens (tertiary/aromatic N) is 1. The molecular weight excluding hydrogens is 416 g/mol. The second kappa shape index (κ2) is 10.9. The fourth-order valence-electron chi connectivity index (χ4n) is 3.13. The minimum absolute atomic E-state index is 0.0576. The van der Waals surface area contributed by atoms with Crippen molar-refractivity contribution < 1.29 is 14.3 Å². The van der Waals surface area contributed by atoms with E-state index < -0.39 is 0 Å². The van der Waals surface area contributed by atoms with Crippen LogP contribution >= 0.6 is 11.6 Å². The molecule has 3 N–H and O–H groups in total. The number of amides is 2. The SMILES string of the molecule is CC(=O)NCc1ccc(C(=O)NC(=NCC2CCCO2)Nc2cc(Cl)ccc2C)cc1. The Labute approximate surface area is 187 Å². The van der Waals surface area contributed by atoms with E-state index in [0.717, 1.165) is 36.3 Å². The van der Waals surface area contributed by atoms with Gasteiger partial charge in [-0.25, -0.2) is 4.99 Å². The quantitative estimate of drug-likeness (QED) is 0.470.